The summed E-state index contributed by atoms with van der Waals surface area (Å²) in [4.78, 5) is 8.84. The van der Waals surface area contributed by atoms with Gasteiger partial charge in [-0.15, -0.1) is 10.2 Å². The van der Waals surface area contributed by atoms with Crippen LogP contribution in [-0.2, 0) is 13.5 Å². The lowest BCUT2D eigenvalue weighted by Crippen LogP contribution is -2.17. The van der Waals surface area contributed by atoms with Crippen LogP contribution < -0.4 is 16.6 Å². The minimum atomic E-state index is -0.0218. The Morgan fingerprint density at radius 3 is 2.60 bits per heavy atom. The first-order valence-corrected chi connectivity index (χ1v) is 6.51. The smallest absolute Gasteiger partial charge is 0.154 e. The SMILES string of the molecule is CCc1nc(NN)c(C)c(NC(C)c2nncn2C)n1. The van der Waals surface area contributed by atoms with E-state index in [0.29, 0.717) is 5.82 Å². The molecule has 8 heteroatoms. The molecule has 1 unspecified atom stereocenters. The number of hydrazine groups is 1. The van der Waals surface area contributed by atoms with E-state index in [4.69, 9.17) is 5.84 Å². The Bertz CT molecular complexity index is 591. The van der Waals surface area contributed by atoms with Gasteiger partial charge in [0, 0.05) is 19.0 Å². The second-order valence-corrected chi connectivity index (χ2v) is 4.63. The van der Waals surface area contributed by atoms with Crippen LogP contribution in [0.3, 0.4) is 0 Å². The average molecular weight is 276 g/mol. The zero-order chi connectivity index (χ0) is 14.7. The molecule has 0 aliphatic rings. The van der Waals surface area contributed by atoms with Gasteiger partial charge in [0.1, 0.15) is 23.8 Å². The fourth-order valence-corrected chi connectivity index (χ4v) is 1.96. The molecule has 0 fully saturated rings. The molecule has 1 atom stereocenters. The van der Waals surface area contributed by atoms with Crippen LogP contribution >= 0.6 is 0 Å². The molecule has 0 aromatic carbocycles. The summed E-state index contributed by atoms with van der Waals surface area (Å²) >= 11 is 0. The van der Waals surface area contributed by atoms with E-state index < -0.39 is 0 Å². The van der Waals surface area contributed by atoms with Gasteiger partial charge in [-0.3, -0.25) is 0 Å². The average Bonchev–Trinajstić information content (AvgIpc) is 2.87. The monoisotopic (exact) mass is 276 g/mol. The van der Waals surface area contributed by atoms with Gasteiger partial charge in [-0.25, -0.2) is 15.8 Å². The number of anilines is 2. The van der Waals surface area contributed by atoms with Crippen molar-refractivity contribution in [3.05, 3.63) is 23.5 Å². The Balaban J connectivity index is 2.31. The molecule has 0 saturated carbocycles. The van der Waals surface area contributed by atoms with Gasteiger partial charge in [0.2, 0.25) is 0 Å². The molecule has 108 valence electrons. The van der Waals surface area contributed by atoms with Crippen molar-refractivity contribution in [2.75, 3.05) is 10.7 Å². The number of nitrogens with zero attached hydrogens (tertiary/aromatic N) is 5. The van der Waals surface area contributed by atoms with Gasteiger partial charge in [0.15, 0.2) is 5.82 Å². The van der Waals surface area contributed by atoms with Gasteiger partial charge >= 0.3 is 0 Å². The fourth-order valence-electron chi connectivity index (χ4n) is 1.96. The van der Waals surface area contributed by atoms with Crippen LogP contribution in [-0.4, -0.2) is 24.7 Å². The maximum atomic E-state index is 5.50. The first-order chi connectivity index (χ1) is 9.56. The molecule has 20 heavy (non-hydrogen) atoms. The van der Waals surface area contributed by atoms with Crippen LogP contribution in [0.5, 0.6) is 0 Å². The Hall–Kier alpha value is -2.22. The zero-order valence-corrected chi connectivity index (χ0v) is 12.2. The van der Waals surface area contributed by atoms with E-state index in [9.17, 15) is 0 Å². The van der Waals surface area contributed by atoms with E-state index in [1.165, 1.54) is 0 Å². The summed E-state index contributed by atoms with van der Waals surface area (Å²) in [6.07, 6.45) is 2.41. The zero-order valence-electron chi connectivity index (χ0n) is 12.2. The fraction of sp³-hybridized carbons (Fsp3) is 0.500. The lowest BCUT2D eigenvalue weighted by atomic mass is 10.2. The normalized spacial score (nSPS) is 12.2. The van der Waals surface area contributed by atoms with Gasteiger partial charge < -0.3 is 15.3 Å². The Labute approximate surface area is 117 Å². The minimum Gasteiger partial charge on any atom is -0.360 e. The summed E-state index contributed by atoms with van der Waals surface area (Å²) < 4.78 is 1.87. The van der Waals surface area contributed by atoms with Crippen molar-refractivity contribution >= 4 is 11.6 Å². The predicted octanol–water partition coefficient (Wildman–Crippen LogP) is 0.935. The van der Waals surface area contributed by atoms with Crippen LogP contribution in [0.15, 0.2) is 6.33 Å². The highest BCUT2D eigenvalue weighted by molar-refractivity contribution is 5.57. The third kappa shape index (κ3) is 2.69. The molecule has 2 aromatic heterocycles. The number of rotatable bonds is 5. The third-order valence-electron chi connectivity index (χ3n) is 3.13. The summed E-state index contributed by atoms with van der Waals surface area (Å²) in [5.74, 6) is 8.45. The molecular formula is C12H20N8. The molecule has 0 saturated heterocycles. The molecule has 0 radical (unpaired) electrons. The lowest BCUT2D eigenvalue weighted by Gasteiger charge is -2.17. The Morgan fingerprint density at radius 2 is 2.05 bits per heavy atom. The number of nitrogens with one attached hydrogen (secondary N) is 2. The molecule has 2 rings (SSSR count). The lowest BCUT2D eigenvalue weighted by molar-refractivity contribution is 0.713. The van der Waals surface area contributed by atoms with Crippen LogP contribution in [0.1, 0.15) is 37.1 Å². The highest BCUT2D eigenvalue weighted by Crippen LogP contribution is 2.23. The molecule has 0 aliphatic carbocycles. The third-order valence-corrected chi connectivity index (χ3v) is 3.13. The van der Waals surface area contributed by atoms with Crippen molar-refractivity contribution in [1.29, 1.82) is 0 Å². The topological polar surface area (TPSA) is 107 Å². The van der Waals surface area contributed by atoms with Crippen LogP contribution in [0, 0.1) is 6.92 Å². The van der Waals surface area contributed by atoms with Gasteiger partial charge in [0.05, 0.1) is 6.04 Å². The van der Waals surface area contributed by atoms with Crippen LogP contribution in [0.2, 0.25) is 0 Å². The number of nitrogens with two attached hydrogens (primary N) is 1. The van der Waals surface area contributed by atoms with Crippen molar-refractivity contribution in [3.63, 3.8) is 0 Å². The van der Waals surface area contributed by atoms with Crippen molar-refractivity contribution < 1.29 is 0 Å². The molecule has 0 spiro atoms. The van der Waals surface area contributed by atoms with Gasteiger partial charge in [-0.2, -0.15) is 0 Å². The van der Waals surface area contributed by atoms with E-state index in [1.807, 2.05) is 32.4 Å². The first-order valence-electron chi connectivity index (χ1n) is 6.51. The van der Waals surface area contributed by atoms with E-state index in [1.54, 1.807) is 6.33 Å². The molecule has 2 aromatic rings. The number of aryl methyl sites for hydroxylation is 2. The molecule has 2 heterocycles. The standard InChI is InChI=1S/C12H20N8/c1-5-9-16-10(7(2)11(17-9)18-13)15-8(3)12-19-14-6-20(12)4/h6,8H,5,13H2,1-4H3,(H2,15,16,17,18). The quantitative estimate of drug-likeness (QED) is 0.551. The Morgan fingerprint density at radius 1 is 1.35 bits per heavy atom. The molecule has 0 aliphatic heterocycles. The van der Waals surface area contributed by atoms with Gasteiger partial charge in [0.25, 0.3) is 0 Å². The molecule has 8 nitrogen and oxygen atoms in total. The molecular weight excluding hydrogens is 256 g/mol. The van der Waals surface area contributed by atoms with Crippen molar-refractivity contribution in [3.8, 4) is 0 Å². The number of hydrogen-bond acceptors (Lipinski definition) is 7. The number of aromatic nitrogens is 5. The summed E-state index contributed by atoms with van der Waals surface area (Å²) in [6, 6.07) is -0.0218. The number of hydrogen-bond donors (Lipinski definition) is 3. The molecule has 0 bridgehead atoms. The second kappa shape index (κ2) is 5.83. The van der Waals surface area contributed by atoms with E-state index in [2.05, 4.69) is 30.9 Å². The minimum absolute atomic E-state index is 0.0218. The van der Waals surface area contributed by atoms with Crippen molar-refractivity contribution in [1.82, 2.24) is 24.7 Å². The summed E-state index contributed by atoms with van der Waals surface area (Å²) in [6.45, 7) is 5.92. The number of nitrogen functional groups attached to an aromatic ring is 1. The highest BCUT2D eigenvalue weighted by Gasteiger charge is 2.15. The van der Waals surface area contributed by atoms with Crippen molar-refractivity contribution in [2.24, 2.45) is 12.9 Å². The second-order valence-electron chi connectivity index (χ2n) is 4.63. The van der Waals surface area contributed by atoms with Crippen LogP contribution in [0.25, 0.3) is 0 Å². The van der Waals surface area contributed by atoms with E-state index >= 15 is 0 Å². The highest BCUT2D eigenvalue weighted by atomic mass is 15.3. The maximum Gasteiger partial charge on any atom is 0.154 e. The first kappa shape index (κ1) is 14.2. The largest absolute Gasteiger partial charge is 0.360 e. The van der Waals surface area contributed by atoms with E-state index in [0.717, 1.165) is 29.5 Å². The Kier molecular flexibility index (Phi) is 4.14. The molecule has 0 amide bonds. The van der Waals surface area contributed by atoms with Crippen molar-refractivity contribution in [2.45, 2.75) is 33.2 Å². The maximum absolute atomic E-state index is 5.50. The van der Waals surface area contributed by atoms with E-state index in [-0.39, 0.29) is 6.04 Å². The molecule has 4 N–H and O–H groups in total. The summed E-state index contributed by atoms with van der Waals surface area (Å²) in [5, 5.41) is 11.3. The predicted molar refractivity (Wildman–Crippen MR) is 77.0 cm³/mol. The van der Waals surface area contributed by atoms with Crippen LogP contribution in [0.4, 0.5) is 11.6 Å². The van der Waals surface area contributed by atoms with Gasteiger partial charge in [-0.1, -0.05) is 6.92 Å². The van der Waals surface area contributed by atoms with Gasteiger partial charge in [-0.05, 0) is 13.8 Å². The summed E-state index contributed by atoms with van der Waals surface area (Å²) in [5.41, 5.74) is 3.48. The summed E-state index contributed by atoms with van der Waals surface area (Å²) in [7, 11) is 1.91.